The van der Waals surface area contributed by atoms with Crippen LogP contribution in [0.1, 0.15) is 62.5 Å². The van der Waals surface area contributed by atoms with Crippen molar-refractivity contribution in [2.24, 2.45) is 0 Å². The Morgan fingerprint density at radius 2 is 1.50 bits per heavy atom. The number of benzene rings is 3. The van der Waals surface area contributed by atoms with Gasteiger partial charge in [0.2, 0.25) is 0 Å². The second kappa shape index (κ2) is 10.1. The van der Waals surface area contributed by atoms with Gasteiger partial charge in [0.25, 0.3) is 0 Å². The number of Topliss-reactive ketones (excluding diaryl/α,β-unsaturated/α-hetero) is 2. The number of fused-ring (bicyclic) bond motifs is 1. The lowest BCUT2D eigenvalue weighted by atomic mass is 9.71. The molecule has 0 aromatic heterocycles. The standard InChI is InChI=1S/C33H33NO4/c1-3-34-25-13-7-15-27(35)32(25)31(33-26(34)14-8-16-28(33)36)22-17-18-29(30(19-22)37-2)38-20-23-11-6-10-21-9-4-5-12-24(21)23/h4-6,9-12,17-19,31H,3,7-8,13-16,20H2,1-2H3. The Labute approximate surface area is 223 Å². The molecule has 0 fully saturated rings. The molecule has 0 atom stereocenters. The number of hydrogen-bond donors (Lipinski definition) is 0. The summed E-state index contributed by atoms with van der Waals surface area (Å²) in [6.07, 6.45) is 4.54. The second-order valence-corrected chi connectivity index (χ2v) is 10.3. The second-order valence-electron chi connectivity index (χ2n) is 10.3. The van der Waals surface area contributed by atoms with Gasteiger partial charge in [-0.2, -0.15) is 0 Å². The summed E-state index contributed by atoms with van der Waals surface area (Å²) >= 11 is 0. The zero-order valence-corrected chi connectivity index (χ0v) is 22.1. The molecule has 194 valence electrons. The van der Waals surface area contributed by atoms with Crippen molar-refractivity contribution in [1.82, 2.24) is 4.90 Å². The summed E-state index contributed by atoms with van der Waals surface area (Å²) < 4.78 is 12.0. The normalized spacial score (nSPS) is 18.1. The molecule has 0 amide bonds. The van der Waals surface area contributed by atoms with E-state index in [-0.39, 0.29) is 17.5 Å². The Morgan fingerprint density at radius 3 is 2.18 bits per heavy atom. The SMILES string of the molecule is CCN1C2=C(C(=O)CCC2)C(c2ccc(OCc3cccc4ccccc34)c(OC)c2)C2=C1CCCC2=O. The monoisotopic (exact) mass is 507 g/mol. The van der Waals surface area contributed by atoms with Gasteiger partial charge in [-0.25, -0.2) is 0 Å². The van der Waals surface area contributed by atoms with Crippen LogP contribution in [0.4, 0.5) is 0 Å². The van der Waals surface area contributed by atoms with Gasteiger partial charge in [0.15, 0.2) is 23.1 Å². The van der Waals surface area contributed by atoms with Gasteiger partial charge in [-0.3, -0.25) is 9.59 Å². The number of ether oxygens (including phenoxy) is 2. The van der Waals surface area contributed by atoms with Crippen LogP contribution in [0.5, 0.6) is 11.5 Å². The third kappa shape index (κ3) is 4.10. The Morgan fingerprint density at radius 1 is 0.816 bits per heavy atom. The molecule has 1 aliphatic heterocycles. The first-order valence-corrected chi connectivity index (χ1v) is 13.7. The molecule has 0 unspecified atom stereocenters. The minimum absolute atomic E-state index is 0.162. The van der Waals surface area contributed by atoms with E-state index in [0.717, 1.165) is 65.9 Å². The summed E-state index contributed by atoms with van der Waals surface area (Å²) in [6.45, 7) is 3.29. The number of carbonyl (C=O) groups excluding carboxylic acids is 2. The van der Waals surface area contributed by atoms with Gasteiger partial charge in [0.1, 0.15) is 6.61 Å². The van der Waals surface area contributed by atoms with Gasteiger partial charge in [-0.1, -0.05) is 48.5 Å². The first-order chi connectivity index (χ1) is 18.6. The highest BCUT2D eigenvalue weighted by molar-refractivity contribution is 6.06. The highest BCUT2D eigenvalue weighted by Crippen LogP contribution is 2.50. The average Bonchev–Trinajstić information content (AvgIpc) is 2.95. The van der Waals surface area contributed by atoms with Gasteiger partial charge < -0.3 is 14.4 Å². The molecule has 5 nitrogen and oxygen atoms in total. The van der Waals surface area contributed by atoms with Gasteiger partial charge in [-0.05, 0) is 66.6 Å². The Balaban J connectivity index is 1.39. The van der Waals surface area contributed by atoms with Crippen LogP contribution in [-0.4, -0.2) is 30.1 Å². The number of methoxy groups -OCH3 is 1. The van der Waals surface area contributed by atoms with E-state index < -0.39 is 0 Å². The van der Waals surface area contributed by atoms with Gasteiger partial charge >= 0.3 is 0 Å². The third-order valence-corrected chi connectivity index (χ3v) is 8.19. The summed E-state index contributed by atoms with van der Waals surface area (Å²) in [5.74, 6) is 1.23. The van der Waals surface area contributed by atoms with E-state index in [1.54, 1.807) is 7.11 Å². The maximum Gasteiger partial charge on any atom is 0.161 e. The molecular weight excluding hydrogens is 474 g/mol. The van der Waals surface area contributed by atoms with Crippen molar-refractivity contribution in [2.75, 3.05) is 13.7 Å². The predicted octanol–water partition coefficient (Wildman–Crippen LogP) is 6.86. The van der Waals surface area contributed by atoms with Crippen LogP contribution < -0.4 is 9.47 Å². The molecule has 0 bridgehead atoms. The molecule has 6 rings (SSSR count). The molecule has 3 aromatic carbocycles. The zero-order valence-electron chi connectivity index (χ0n) is 22.1. The van der Waals surface area contributed by atoms with Crippen molar-refractivity contribution in [3.63, 3.8) is 0 Å². The van der Waals surface area contributed by atoms with Crippen LogP contribution >= 0.6 is 0 Å². The summed E-state index contributed by atoms with van der Waals surface area (Å²) in [5.41, 5.74) is 5.85. The summed E-state index contributed by atoms with van der Waals surface area (Å²) in [5, 5.41) is 2.34. The van der Waals surface area contributed by atoms with Crippen molar-refractivity contribution in [3.05, 3.63) is 94.3 Å². The molecule has 2 aliphatic carbocycles. The number of rotatable bonds is 6. The lowest BCUT2D eigenvalue weighted by Crippen LogP contribution is -2.39. The molecule has 1 heterocycles. The molecular formula is C33H33NO4. The maximum absolute atomic E-state index is 13.4. The summed E-state index contributed by atoms with van der Waals surface area (Å²) in [6, 6.07) is 20.4. The van der Waals surface area contributed by atoms with Crippen molar-refractivity contribution < 1.29 is 19.1 Å². The van der Waals surface area contributed by atoms with Crippen LogP contribution in [0, 0.1) is 0 Å². The lowest BCUT2D eigenvalue weighted by molar-refractivity contribution is -0.117. The van der Waals surface area contributed by atoms with E-state index >= 15 is 0 Å². The van der Waals surface area contributed by atoms with Crippen LogP contribution in [0.3, 0.4) is 0 Å². The third-order valence-electron chi connectivity index (χ3n) is 8.19. The maximum atomic E-state index is 13.4. The predicted molar refractivity (Wildman–Crippen MR) is 148 cm³/mol. The van der Waals surface area contributed by atoms with Gasteiger partial charge in [-0.15, -0.1) is 0 Å². The van der Waals surface area contributed by atoms with E-state index in [1.807, 2.05) is 36.4 Å². The Kier molecular flexibility index (Phi) is 6.52. The fraction of sp³-hybridized carbons (Fsp3) is 0.333. The highest BCUT2D eigenvalue weighted by Gasteiger charge is 2.43. The molecule has 0 N–H and O–H groups in total. The molecule has 0 saturated heterocycles. The molecule has 5 heteroatoms. The Hall–Kier alpha value is -3.86. The zero-order chi connectivity index (χ0) is 26.2. The van der Waals surface area contributed by atoms with E-state index in [4.69, 9.17) is 9.47 Å². The van der Waals surface area contributed by atoms with Gasteiger partial charge in [0.05, 0.1) is 7.11 Å². The van der Waals surface area contributed by atoms with Crippen LogP contribution in [0.2, 0.25) is 0 Å². The van der Waals surface area contributed by atoms with Gasteiger partial charge in [0, 0.05) is 47.8 Å². The lowest BCUT2D eigenvalue weighted by Gasteiger charge is -2.43. The van der Waals surface area contributed by atoms with E-state index in [0.29, 0.717) is 30.9 Å². The molecule has 0 radical (unpaired) electrons. The minimum Gasteiger partial charge on any atom is -0.493 e. The smallest absolute Gasteiger partial charge is 0.161 e. The number of hydrogen-bond acceptors (Lipinski definition) is 5. The number of allylic oxidation sites excluding steroid dienone is 4. The van der Waals surface area contributed by atoms with Crippen LogP contribution in [0.15, 0.2) is 83.2 Å². The molecule has 3 aromatic rings. The average molecular weight is 508 g/mol. The number of ketones is 2. The topological polar surface area (TPSA) is 55.8 Å². The van der Waals surface area contributed by atoms with Crippen LogP contribution in [0.25, 0.3) is 10.8 Å². The minimum atomic E-state index is -0.343. The first kappa shape index (κ1) is 24.5. The molecule has 0 spiro atoms. The van der Waals surface area contributed by atoms with Crippen molar-refractivity contribution in [3.8, 4) is 11.5 Å². The highest BCUT2D eigenvalue weighted by atomic mass is 16.5. The molecule has 38 heavy (non-hydrogen) atoms. The first-order valence-electron chi connectivity index (χ1n) is 13.7. The van der Waals surface area contributed by atoms with E-state index in [9.17, 15) is 9.59 Å². The van der Waals surface area contributed by atoms with Crippen molar-refractivity contribution in [1.29, 1.82) is 0 Å². The quantitative estimate of drug-likeness (QED) is 0.365. The summed E-state index contributed by atoms with van der Waals surface area (Å²) in [7, 11) is 1.64. The fourth-order valence-electron chi connectivity index (χ4n) is 6.49. The number of nitrogens with zero attached hydrogens (tertiary/aromatic N) is 1. The Bertz CT molecular complexity index is 1450. The number of carbonyl (C=O) groups is 2. The van der Waals surface area contributed by atoms with Crippen molar-refractivity contribution >= 4 is 22.3 Å². The van der Waals surface area contributed by atoms with Crippen LogP contribution in [-0.2, 0) is 16.2 Å². The fourth-order valence-corrected chi connectivity index (χ4v) is 6.49. The molecule has 0 saturated carbocycles. The van der Waals surface area contributed by atoms with E-state index in [2.05, 4.69) is 36.1 Å². The molecule has 3 aliphatic rings. The van der Waals surface area contributed by atoms with E-state index in [1.165, 1.54) is 10.8 Å². The largest absolute Gasteiger partial charge is 0.493 e. The summed E-state index contributed by atoms with van der Waals surface area (Å²) in [4.78, 5) is 29.0. The van der Waals surface area contributed by atoms with Crippen molar-refractivity contribution in [2.45, 2.75) is 58.0 Å².